The normalized spacial score (nSPS) is 10.8. The first-order chi connectivity index (χ1) is 7.62. The summed E-state index contributed by atoms with van der Waals surface area (Å²) >= 11 is 0. The molecule has 1 rings (SSSR count). The number of hydrogen-bond acceptors (Lipinski definition) is 3. The number of nitrogens with two attached hydrogens (primary N) is 1. The summed E-state index contributed by atoms with van der Waals surface area (Å²) in [4.78, 5) is 11.9. The monoisotopic (exact) mass is 224 g/mol. The number of carbonyl (C=O) groups is 1. The van der Waals surface area contributed by atoms with Crippen LogP contribution in [0.25, 0.3) is 0 Å². The van der Waals surface area contributed by atoms with Crippen LogP contribution in [0.5, 0.6) is 0 Å². The van der Waals surface area contributed by atoms with E-state index in [1.165, 1.54) is 0 Å². The van der Waals surface area contributed by atoms with E-state index in [0.717, 1.165) is 18.4 Å². The molecule has 0 saturated carbocycles. The van der Waals surface area contributed by atoms with Crippen LogP contribution in [-0.4, -0.2) is 15.7 Å². The van der Waals surface area contributed by atoms with Gasteiger partial charge in [0.25, 0.3) is 0 Å². The molecule has 5 nitrogen and oxygen atoms in total. The molecule has 0 fully saturated rings. The number of nitrogens with one attached hydrogen (secondary N) is 1. The fourth-order valence-electron chi connectivity index (χ4n) is 1.67. The van der Waals surface area contributed by atoms with Crippen molar-refractivity contribution in [3.05, 3.63) is 11.8 Å². The topological polar surface area (TPSA) is 72.9 Å². The fraction of sp³-hybridized carbons (Fsp3) is 0.636. The highest BCUT2D eigenvalue weighted by atomic mass is 16.1. The van der Waals surface area contributed by atoms with Gasteiger partial charge in [-0.2, -0.15) is 5.10 Å². The second-order valence-electron chi connectivity index (χ2n) is 3.88. The number of aryl methyl sites for hydroxylation is 1. The number of anilines is 1. The standard InChI is InChI=1S/C11H20N4O/c1-4-8(5-2)11(16)13-10-9(6-12)7-15(3)14-10/h7-8H,4-6,12H2,1-3H3,(H,13,14,16). The molecule has 0 unspecified atom stereocenters. The molecule has 0 bridgehead atoms. The first-order valence-electron chi connectivity index (χ1n) is 5.65. The van der Waals surface area contributed by atoms with Gasteiger partial charge in [0.15, 0.2) is 5.82 Å². The first-order valence-corrected chi connectivity index (χ1v) is 5.65. The van der Waals surface area contributed by atoms with E-state index < -0.39 is 0 Å². The van der Waals surface area contributed by atoms with E-state index in [0.29, 0.717) is 12.4 Å². The quantitative estimate of drug-likeness (QED) is 0.790. The molecule has 3 N–H and O–H groups in total. The van der Waals surface area contributed by atoms with E-state index >= 15 is 0 Å². The van der Waals surface area contributed by atoms with Gasteiger partial charge >= 0.3 is 0 Å². The lowest BCUT2D eigenvalue weighted by Crippen LogP contribution is -2.22. The van der Waals surface area contributed by atoms with E-state index in [-0.39, 0.29) is 11.8 Å². The lowest BCUT2D eigenvalue weighted by Gasteiger charge is -2.11. The van der Waals surface area contributed by atoms with Crippen LogP contribution in [0.1, 0.15) is 32.3 Å². The van der Waals surface area contributed by atoms with Crippen molar-refractivity contribution >= 4 is 11.7 Å². The molecule has 0 aliphatic heterocycles. The van der Waals surface area contributed by atoms with Crippen LogP contribution in [0.15, 0.2) is 6.20 Å². The summed E-state index contributed by atoms with van der Waals surface area (Å²) in [6.07, 6.45) is 3.50. The number of amides is 1. The van der Waals surface area contributed by atoms with E-state index in [9.17, 15) is 4.79 Å². The van der Waals surface area contributed by atoms with Crippen molar-refractivity contribution in [2.24, 2.45) is 18.7 Å². The Bertz CT molecular complexity index is 355. The molecular weight excluding hydrogens is 204 g/mol. The molecule has 1 amide bonds. The zero-order valence-corrected chi connectivity index (χ0v) is 10.2. The summed E-state index contributed by atoms with van der Waals surface area (Å²) in [7, 11) is 1.81. The van der Waals surface area contributed by atoms with Crippen molar-refractivity contribution in [1.29, 1.82) is 0 Å². The number of rotatable bonds is 5. The van der Waals surface area contributed by atoms with Crippen LogP contribution < -0.4 is 11.1 Å². The van der Waals surface area contributed by atoms with Gasteiger partial charge in [0, 0.05) is 31.3 Å². The van der Waals surface area contributed by atoms with Crippen molar-refractivity contribution in [2.45, 2.75) is 33.2 Å². The zero-order chi connectivity index (χ0) is 12.1. The van der Waals surface area contributed by atoms with Crippen LogP contribution in [-0.2, 0) is 18.4 Å². The summed E-state index contributed by atoms with van der Waals surface area (Å²) in [5.74, 6) is 0.660. The van der Waals surface area contributed by atoms with Crippen molar-refractivity contribution in [3.63, 3.8) is 0 Å². The van der Waals surface area contributed by atoms with Crippen molar-refractivity contribution < 1.29 is 4.79 Å². The van der Waals surface area contributed by atoms with Gasteiger partial charge in [0.2, 0.25) is 5.91 Å². The van der Waals surface area contributed by atoms with Gasteiger partial charge in [-0.25, -0.2) is 0 Å². The van der Waals surface area contributed by atoms with Gasteiger partial charge in [-0.05, 0) is 12.8 Å². The summed E-state index contributed by atoms with van der Waals surface area (Å²) in [6, 6.07) is 0. The van der Waals surface area contributed by atoms with Gasteiger partial charge in [-0.1, -0.05) is 13.8 Å². The second kappa shape index (κ2) is 5.65. The Balaban J connectivity index is 2.75. The molecule has 0 radical (unpaired) electrons. The van der Waals surface area contributed by atoms with Crippen LogP contribution in [0.3, 0.4) is 0 Å². The summed E-state index contributed by atoms with van der Waals surface area (Å²) < 4.78 is 1.66. The van der Waals surface area contributed by atoms with Crippen LogP contribution in [0.2, 0.25) is 0 Å². The SMILES string of the molecule is CCC(CC)C(=O)Nc1nn(C)cc1CN. The average molecular weight is 224 g/mol. The molecule has 0 aliphatic carbocycles. The summed E-state index contributed by atoms with van der Waals surface area (Å²) in [5.41, 5.74) is 6.44. The molecule has 1 heterocycles. The maximum absolute atomic E-state index is 11.9. The van der Waals surface area contributed by atoms with E-state index in [4.69, 9.17) is 5.73 Å². The number of hydrogen-bond donors (Lipinski definition) is 2. The Morgan fingerprint density at radius 2 is 2.19 bits per heavy atom. The minimum absolute atomic E-state index is 0.0263. The average Bonchev–Trinajstić information content (AvgIpc) is 2.60. The van der Waals surface area contributed by atoms with Gasteiger partial charge in [0.05, 0.1) is 0 Å². The number of aromatic nitrogens is 2. The third-order valence-corrected chi connectivity index (χ3v) is 2.72. The maximum atomic E-state index is 11.9. The van der Waals surface area contributed by atoms with Gasteiger partial charge in [-0.3, -0.25) is 9.48 Å². The van der Waals surface area contributed by atoms with Crippen molar-refractivity contribution in [3.8, 4) is 0 Å². The smallest absolute Gasteiger partial charge is 0.228 e. The highest BCUT2D eigenvalue weighted by Gasteiger charge is 2.16. The molecular formula is C11H20N4O. The molecule has 90 valence electrons. The van der Waals surface area contributed by atoms with Crippen LogP contribution in [0, 0.1) is 5.92 Å². The zero-order valence-electron chi connectivity index (χ0n) is 10.2. The van der Waals surface area contributed by atoms with Crippen LogP contribution in [0.4, 0.5) is 5.82 Å². The predicted molar refractivity (Wildman–Crippen MR) is 63.8 cm³/mol. The van der Waals surface area contributed by atoms with E-state index in [1.807, 2.05) is 27.1 Å². The molecule has 0 atom stereocenters. The Hall–Kier alpha value is -1.36. The largest absolute Gasteiger partial charge is 0.326 e. The molecule has 5 heteroatoms. The third kappa shape index (κ3) is 2.82. The molecule has 1 aromatic rings. The molecule has 0 aliphatic rings. The lowest BCUT2D eigenvalue weighted by atomic mass is 10.0. The highest BCUT2D eigenvalue weighted by Crippen LogP contribution is 2.15. The lowest BCUT2D eigenvalue weighted by molar-refractivity contribution is -0.120. The molecule has 0 spiro atoms. The fourth-order valence-corrected chi connectivity index (χ4v) is 1.67. The Morgan fingerprint density at radius 1 is 1.56 bits per heavy atom. The second-order valence-corrected chi connectivity index (χ2v) is 3.88. The molecule has 0 aromatic carbocycles. The third-order valence-electron chi connectivity index (χ3n) is 2.72. The number of nitrogens with zero attached hydrogens (tertiary/aromatic N) is 2. The van der Waals surface area contributed by atoms with Gasteiger partial charge in [-0.15, -0.1) is 0 Å². The van der Waals surface area contributed by atoms with Gasteiger partial charge in [0.1, 0.15) is 0 Å². The van der Waals surface area contributed by atoms with E-state index in [1.54, 1.807) is 4.68 Å². The minimum Gasteiger partial charge on any atom is -0.326 e. The summed E-state index contributed by atoms with van der Waals surface area (Å²) in [6.45, 7) is 4.40. The maximum Gasteiger partial charge on any atom is 0.228 e. The van der Waals surface area contributed by atoms with Crippen molar-refractivity contribution in [2.75, 3.05) is 5.32 Å². The highest BCUT2D eigenvalue weighted by molar-refractivity contribution is 5.92. The Morgan fingerprint density at radius 3 is 2.69 bits per heavy atom. The predicted octanol–water partition coefficient (Wildman–Crippen LogP) is 1.25. The first kappa shape index (κ1) is 12.7. The van der Waals surface area contributed by atoms with Crippen molar-refractivity contribution in [1.82, 2.24) is 9.78 Å². The molecule has 16 heavy (non-hydrogen) atoms. The minimum atomic E-state index is 0.0263. The Labute approximate surface area is 96.0 Å². The van der Waals surface area contributed by atoms with Crippen LogP contribution >= 0.6 is 0 Å². The Kier molecular flexibility index (Phi) is 4.49. The molecule has 1 aromatic heterocycles. The van der Waals surface area contributed by atoms with E-state index in [2.05, 4.69) is 10.4 Å². The van der Waals surface area contributed by atoms with Gasteiger partial charge < -0.3 is 11.1 Å². The molecule has 0 saturated heterocycles. The number of carbonyl (C=O) groups excluding carboxylic acids is 1. The summed E-state index contributed by atoms with van der Waals surface area (Å²) in [5, 5.41) is 7.01.